The summed E-state index contributed by atoms with van der Waals surface area (Å²) < 4.78 is 0.581. The van der Waals surface area contributed by atoms with Gasteiger partial charge in [0.1, 0.15) is 10.5 Å². The Kier molecular flexibility index (Phi) is 5.38. The number of hydrogen-bond acceptors (Lipinski definition) is 6. The molecular formula is C17H23N5O3S. The molecule has 0 aliphatic carbocycles. The number of nitrogens with one attached hydrogen (secondary N) is 1. The van der Waals surface area contributed by atoms with E-state index in [1.807, 2.05) is 5.38 Å². The first kappa shape index (κ1) is 18.5. The van der Waals surface area contributed by atoms with Crippen LogP contribution in [0.3, 0.4) is 0 Å². The molecule has 9 heteroatoms. The second-order valence-electron chi connectivity index (χ2n) is 6.80. The molecule has 0 unspecified atom stereocenters. The highest BCUT2D eigenvalue weighted by atomic mass is 32.1. The van der Waals surface area contributed by atoms with E-state index in [1.54, 1.807) is 22.9 Å². The van der Waals surface area contributed by atoms with E-state index in [-0.39, 0.29) is 35.9 Å². The summed E-state index contributed by atoms with van der Waals surface area (Å²) in [6, 6.07) is 1.68. The van der Waals surface area contributed by atoms with Crippen LogP contribution in [0.25, 0.3) is 10.2 Å². The van der Waals surface area contributed by atoms with Gasteiger partial charge in [-0.2, -0.15) is 0 Å². The molecule has 0 bridgehead atoms. The zero-order valence-electron chi connectivity index (χ0n) is 14.9. The highest BCUT2D eigenvalue weighted by Gasteiger charge is 2.30. The fraction of sp³-hybridized carbons (Fsp3) is 0.529. The number of fused-ring (bicyclic) bond motifs is 1. The molecule has 1 aliphatic rings. The number of nitrogens with two attached hydrogens (primary N) is 1. The highest BCUT2D eigenvalue weighted by Crippen LogP contribution is 2.19. The minimum absolute atomic E-state index is 0.0709. The Balaban J connectivity index is 1.73. The maximum atomic E-state index is 12.9. The minimum Gasteiger partial charge on any atom is -0.341 e. The van der Waals surface area contributed by atoms with Crippen LogP contribution in [0.5, 0.6) is 0 Å². The van der Waals surface area contributed by atoms with E-state index in [1.165, 1.54) is 18.3 Å². The van der Waals surface area contributed by atoms with Gasteiger partial charge in [-0.3, -0.25) is 14.4 Å². The van der Waals surface area contributed by atoms with Crippen LogP contribution < -0.4 is 11.3 Å². The molecule has 2 atom stereocenters. The Morgan fingerprint density at radius 1 is 1.42 bits per heavy atom. The topological polar surface area (TPSA) is 112 Å². The van der Waals surface area contributed by atoms with Crippen molar-refractivity contribution in [1.29, 1.82) is 0 Å². The van der Waals surface area contributed by atoms with E-state index in [9.17, 15) is 14.4 Å². The largest absolute Gasteiger partial charge is 0.341 e. The predicted molar refractivity (Wildman–Crippen MR) is 99.7 cm³/mol. The second kappa shape index (κ2) is 7.55. The number of carbonyl (C=O) groups excluding carboxylic acids is 2. The lowest BCUT2D eigenvalue weighted by Gasteiger charge is -2.26. The monoisotopic (exact) mass is 377 g/mol. The fourth-order valence-corrected chi connectivity index (χ4v) is 4.02. The van der Waals surface area contributed by atoms with Crippen molar-refractivity contribution in [3.63, 3.8) is 0 Å². The third kappa shape index (κ3) is 3.94. The second-order valence-corrected chi connectivity index (χ2v) is 7.72. The van der Waals surface area contributed by atoms with Gasteiger partial charge >= 0.3 is 0 Å². The Morgan fingerprint density at radius 2 is 2.19 bits per heavy atom. The third-order valence-corrected chi connectivity index (χ3v) is 5.61. The number of rotatable bonds is 3. The van der Waals surface area contributed by atoms with Crippen molar-refractivity contribution in [3.8, 4) is 0 Å². The van der Waals surface area contributed by atoms with Gasteiger partial charge in [-0.1, -0.05) is 0 Å². The lowest BCUT2D eigenvalue weighted by atomic mass is 10.0. The molecule has 3 rings (SSSR count). The maximum Gasteiger partial charge on any atom is 0.268 e. The van der Waals surface area contributed by atoms with Crippen molar-refractivity contribution < 1.29 is 9.59 Å². The van der Waals surface area contributed by atoms with Crippen LogP contribution >= 0.6 is 11.3 Å². The molecule has 2 amide bonds. The Hall–Kier alpha value is -2.26. The van der Waals surface area contributed by atoms with Crippen LogP contribution in [-0.4, -0.2) is 57.8 Å². The first-order valence-corrected chi connectivity index (χ1v) is 9.45. The molecule has 1 saturated heterocycles. The van der Waals surface area contributed by atoms with Crippen molar-refractivity contribution in [1.82, 2.24) is 19.8 Å². The molecule has 26 heavy (non-hydrogen) atoms. The molecule has 1 fully saturated rings. The lowest BCUT2D eigenvalue weighted by molar-refractivity contribution is -0.137. The summed E-state index contributed by atoms with van der Waals surface area (Å²) >= 11 is 1.34. The number of amides is 2. The van der Waals surface area contributed by atoms with Gasteiger partial charge < -0.3 is 20.5 Å². The molecule has 0 radical (unpaired) electrons. The highest BCUT2D eigenvalue weighted by molar-refractivity contribution is 7.17. The summed E-state index contributed by atoms with van der Waals surface area (Å²) in [6.45, 7) is 2.56. The Morgan fingerprint density at radius 3 is 2.92 bits per heavy atom. The molecule has 0 saturated carbocycles. The zero-order valence-corrected chi connectivity index (χ0v) is 15.7. The van der Waals surface area contributed by atoms with Crippen LogP contribution in [0.2, 0.25) is 0 Å². The molecule has 140 valence electrons. The van der Waals surface area contributed by atoms with Crippen LogP contribution in [0, 0.1) is 5.92 Å². The molecule has 2 aromatic rings. The Labute approximate surface area is 155 Å². The Bertz CT molecular complexity index is 877. The summed E-state index contributed by atoms with van der Waals surface area (Å²) in [5, 5.41) is 1.82. The minimum atomic E-state index is -0.297. The number of thiophene rings is 1. The summed E-state index contributed by atoms with van der Waals surface area (Å²) in [5.41, 5.74) is 6.46. The maximum absolute atomic E-state index is 12.9. The fourth-order valence-electron chi connectivity index (χ4n) is 3.29. The van der Waals surface area contributed by atoms with E-state index in [0.717, 1.165) is 0 Å². The number of H-pyrrole nitrogens is 1. The standard InChI is InChI=1S/C17H23N5O3S/c1-10(23)22-7-11(3-4-12(18)8-22)17(25)21(2)9-14-19-13-5-6-26-15(13)16(24)20-14/h5-6,11-12H,3-4,7-9,18H2,1-2H3,(H,19,20,24)/t11-,12+/m1/s1. The molecule has 0 spiro atoms. The van der Waals surface area contributed by atoms with Gasteiger partial charge in [0.05, 0.1) is 18.0 Å². The van der Waals surface area contributed by atoms with Crippen LogP contribution in [0.1, 0.15) is 25.6 Å². The number of nitrogens with zero attached hydrogens (tertiary/aromatic N) is 3. The van der Waals surface area contributed by atoms with Gasteiger partial charge in [0.25, 0.3) is 5.56 Å². The van der Waals surface area contributed by atoms with Crippen molar-refractivity contribution in [2.45, 2.75) is 32.4 Å². The first-order chi connectivity index (χ1) is 12.3. The van der Waals surface area contributed by atoms with Gasteiger partial charge in [0.15, 0.2) is 0 Å². The van der Waals surface area contributed by atoms with Crippen LogP contribution in [-0.2, 0) is 16.1 Å². The molecule has 2 aromatic heterocycles. The van der Waals surface area contributed by atoms with Crippen LogP contribution in [0.4, 0.5) is 0 Å². The molecular weight excluding hydrogens is 354 g/mol. The van der Waals surface area contributed by atoms with E-state index in [2.05, 4.69) is 9.97 Å². The van der Waals surface area contributed by atoms with Crippen molar-refractivity contribution >= 4 is 33.4 Å². The predicted octanol–water partition coefficient (Wildman–Crippen LogP) is 0.529. The molecule has 3 N–H and O–H groups in total. The average molecular weight is 377 g/mol. The summed E-state index contributed by atoms with van der Waals surface area (Å²) in [4.78, 5) is 47.0. The number of aromatic amines is 1. The van der Waals surface area contributed by atoms with Crippen LogP contribution in [0.15, 0.2) is 16.2 Å². The van der Waals surface area contributed by atoms with E-state index in [0.29, 0.717) is 42.0 Å². The van der Waals surface area contributed by atoms with Crippen molar-refractivity contribution in [2.75, 3.05) is 20.1 Å². The SMILES string of the molecule is CC(=O)N1C[C@@H](N)CC[C@@H](C(=O)N(C)Cc2nc3ccsc3c(=O)[nH]2)C1. The molecule has 3 heterocycles. The number of aromatic nitrogens is 2. The number of hydrogen-bond donors (Lipinski definition) is 2. The van der Waals surface area contributed by atoms with Gasteiger partial charge in [-0.15, -0.1) is 11.3 Å². The smallest absolute Gasteiger partial charge is 0.268 e. The van der Waals surface area contributed by atoms with Gasteiger partial charge in [-0.25, -0.2) is 4.98 Å². The van der Waals surface area contributed by atoms with Crippen molar-refractivity contribution in [2.24, 2.45) is 11.7 Å². The van der Waals surface area contributed by atoms with E-state index < -0.39 is 0 Å². The number of carbonyl (C=O) groups is 2. The van der Waals surface area contributed by atoms with E-state index in [4.69, 9.17) is 5.73 Å². The van der Waals surface area contributed by atoms with E-state index >= 15 is 0 Å². The normalized spacial score (nSPS) is 20.8. The molecule has 0 aromatic carbocycles. The van der Waals surface area contributed by atoms with Gasteiger partial charge in [0, 0.05) is 33.1 Å². The average Bonchev–Trinajstić information content (AvgIpc) is 2.96. The van der Waals surface area contributed by atoms with Gasteiger partial charge in [-0.05, 0) is 24.3 Å². The molecule has 1 aliphatic heterocycles. The van der Waals surface area contributed by atoms with Crippen molar-refractivity contribution in [3.05, 3.63) is 27.6 Å². The van der Waals surface area contributed by atoms with Gasteiger partial charge in [0.2, 0.25) is 11.8 Å². The zero-order chi connectivity index (χ0) is 18.8. The third-order valence-electron chi connectivity index (χ3n) is 4.70. The number of likely N-dealkylation sites (tertiary alicyclic amines) is 1. The molecule has 8 nitrogen and oxygen atoms in total. The summed E-state index contributed by atoms with van der Waals surface area (Å²) in [6.07, 6.45) is 1.34. The first-order valence-electron chi connectivity index (χ1n) is 8.57. The lowest BCUT2D eigenvalue weighted by Crippen LogP contribution is -2.42. The summed E-state index contributed by atoms with van der Waals surface area (Å²) in [5.74, 6) is 0.00896. The quantitative estimate of drug-likeness (QED) is 0.810. The summed E-state index contributed by atoms with van der Waals surface area (Å²) in [7, 11) is 1.68.